The number of carbonyl (C=O) groups excluding carboxylic acids is 2. The second-order valence-electron chi connectivity index (χ2n) is 5.47. The van der Waals surface area contributed by atoms with Gasteiger partial charge in [0.15, 0.2) is 0 Å². The van der Waals surface area contributed by atoms with Gasteiger partial charge in [0.05, 0.1) is 0 Å². The van der Waals surface area contributed by atoms with Crippen molar-refractivity contribution < 1.29 is 19.5 Å². The molecule has 2 amide bonds. The van der Waals surface area contributed by atoms with E-state index in [0.717, 1.165) is 15.4 Å². The van der Waals surface area contributed by atoms with Gasteiger partial charge < -0.3 is 5.11 Å². The molecule has 126 valence electrons. The number of carbonyl (C=O) groups is 3. The first kappa shape index (κ1) is 17.0. The van der Waals surface area contributed by atoms with Crippen LogP contribution in [0, 0.1) is 0 Å². The van der Waals surface area contributed by atoms with E-state index >= 15 is 0 Å². The van der Waals surface area contributed by atoms with Crippen molar-refractivity contribution in [2.45, 2.75) is 4.90 Å². The maximum absolute atomic E-state index is 12.7. The van der Waals surface area contributed by atoms with Crippen LogP contribution in [0.15, 0.2) is 53.4 Å². The van der Waals surface area contributed by atoms with Gasteiger partial charge in [-0.05, 0) is 41.7 Å². The quantitative estimate of drug-likeness (QED) is 0.519. The van der Waals surface area contributed by atoms with E-state index < -0.39 is 24.3 Å². The third-order valence-electron chi connectivity index (χ3n) is 3.89. The molecule has 5 nitrogen and oxygen atoms in total. The minimum atomic E-state index is -1.23. The highest BCUT2D eigenvalue weighted by Crippen LogP contribution is 2.30. The second-order valence-corrected chi connectivity index (χ2v) is 6.35. The van der Waals surface area contributed by atoms with E-state index in [-0.39, 0.29) is 0 Å². The normalized spacial score (nSPS) is 15.4. The van der Waals surface area contributed by atoms with Crippen molar-refractivity contribution in [3.05, 3.63) is 65.2 Å². The summed E-state index contributed by atoms with van der Waals surface area (Å²) in [6.45, 7) is -0.658. The zero-order chi connectivity index (χ0) is 18.0. The largest absolute Gasteiger partial charge is 0.480 e. The lowest BCUT2D eigenvalue weighted by molar-refractivity contribution is -0.141. The molecule has 0 aliphatic carbocycles. The minimum Gasteiger partial charge on any atom is -0.480 e. The average molecular weight is 353 g/mol. The van der Waals surface area contributed by atoms with Crippen LogP contribution in [0.1, 0.15) is 21.5 Å². The third-order valence-corrected chi connectivity index (χ3v) is 4.63. The Balaban J connectivity index is 2.10. The van der Waals surface area contributed by atoms with Gasteiger partial charge in [-0.25, -0.2) is 0 Å². The Hall–Kier alpha value is -2.86. The third kappa shape index (κ3) is 3.34. The highest BCUT2D eigenvalue weighted by molar-refractivity contribution is 7.98. The van der Waals surface area contributed by atoms with Crippen LogP contribution in [0.2, 0.25) is 0 Å². The van der Waals surface area contributed by atoms with Crippen LogP contribution in [0.3, 0.4) is 0 Å². The molecule has 0 aromatic heterocycles. The van der Waals surface area contributed by atoms with Crippen molar-refractivity contribution in [3.63, 3.8) is 0 Å². The summed E-state index contributed by atoms with van der Waals surface area (Å²) in [5, 5.41) is 9.02. The Morgan fingerprint density at radius 3 is 2.28 bits per heavy atom. The molecule has 0 saturated carbocycles. The first-order valence-electron chi connectivity index (χ1n) is 7.54. The molecule has 0 saturated heterocycles. The maximum atomic E-state index is 12.7. The van der Waals surface area contributed by atoms with E-state index in [0.29, 0.717) is 16.7 Å². The molecule has 0 radical (unpaired) electrons. The summed E-state index contributed by atoms with van der Waals surface area (Å²) in [6, 6.07) is 14.4. The molecule has 2 aromatic rings. The molecule has 3 rings (SSSR count). The molecule has 0 atom stereocenters. The molecule has 0 bridgehead atoms. The molecule has 1 aliphatic heterocycles. The summed E-state index contributed by atoms with van der Waals surface area (Å²) in [5.74, 6) is -2.41. The van der Waals surface area contributed by atoms with Crippen molar-refractivity contribution in [1.29, 1.82) is 0 Å². The van der Waals surface area contributed by atoms with E-state index in [2.05, 4.69) is 0 Å². The molecule has 2 aromatic carbocycles. The van der Waals surface area contributed by atoms with Crippen LogP contribution < -0.4 is 0 Å². The Bertz CT molecular complexity index is 887. The second kappa shape index (κ2) is 6.94. The summed E-state index contributed by atoms with van der Waals surface area (Å²) in [7, 11) is 0. The summed E-state index contributed by atoms with van der Waals surface area (Å²) >= 11 is 1.61. The highest BCUT2D eigenvalue weighted by atomic mass is 32.2. The lowest BCUT2D eigenvalue weighted by Crippen LogP contribution is -2.44. The van der Waals surface area contributed by atoms with Gasteiger partial charge in [0.2, 0.25) is 0 Å². The first-order valence-corrected chi connectivity index (χ1v) is 8.77. The van der Waals surface area contributed by atoms with E-state index in [1.807, 2.05) is 30.5 Å². The van der Waals surface area contributed by atoms with Gasteiger partial charge in [0, 0.05) is 16.0 Å². The molecule has 0 spiro atoms. The minimum absolute atomic E-state index is 0.313. The number of benzene rings is 2. The van der Waals surface area contributed by atoms with Gasteiger partial charge in [-0.3, -0.25) is 19.3 Å². The summed E-state index contributed by atoms with van der Waals surface area (Å²) in [5.41, 5.74) is 1.97. The van der Waals surface area contributed by atoms with Gasteiger partial charge in [-0.2, -0.15) is 0 Å². The number of amides is 2. The number of fused-ring (bicyclic) bond motifs is 1. The molecular weight excluding hydrogens is 338 g/mol. The Labute approximate surface area is 149 Å². The van der Waals surface area contributed by atoms with Crippen molar-refractivity contribution in [1.82, 2.24) is 4.90 Å². The van der Waals surface area contributed by atoms with Gasteiger partial charge in [-0.1, -0.05) is 30.3 Å². The predicted octanol–water partition coefficient (Wildman–Crippen LogP) is 3.02. The van der Waals surface area contributed by atoms with E-state index in [4.69, 9.17) is 5.11 Å². The number of carboxylic acid groups (broad SMARTS) is 1. The Morgan fingerprint density at radius 1 is 1.04 bits per heavy atom. The fourth-order valence-electron chi connectivity index (χ4n) is 2.69. The highest BCUT2D eigenvalue weighted by Gasteiger charge is 2.35. The van der Waals surface area contributed by atoms with Crippen molar-refractivity contribution in [2.24, 2.45) is 0 Å². The monoisotopic (exact) mass is 353 g/mol. The lowest BCUT2D eigenvalue weighted by atomic mass is 9.92. The average Bonchev–Trinajstić information content (AvgIpc) is 2.62. The predicted molar refractivity (Wildman–Crippen MR) is 96.2 cm³/mol. The van der Waals surface area contributed by atoms with Gasteiger partial charge >= 0.3 is 5.97 Å². The van der Waals surface area contributed by atoms with Crippen molar-refractivity contribution in [3.8, 4) is 0 Å². The van der Waals surface area contributed by atoms with Crippen LogP contribution >= 0.6 is 11.8 Å². The topological polar surface area (TPSA) is 74.7 Å². The number of rotatable bonds is 4. The number of aliphatic carboxylic acids is 1. The molecule has 1 heterocycles. The van der Waals surface area contributed by atoms with Crippen molar-refractivity contribution >= 4 is 41.2 Å². The van der Waals surface area contributed by atoms with E-state index in [9.17, 15) is 14.4 Å². The lowest BCUT2D eigenvalue weighted by Gasteiger charge is -2.27. The summed E-state index contributed by atoms with van der Waals surface area (Å²) in [6.07, 6.45) is 3.66. The molecule has 25 heavy (non-hydrogen) atoms. The first-order chi connectivity index (χ1) is 12.0. The Kier molecular flexibility index (Phi) is 4.72. The fraction of sp³-hybridized carbons (Fsp3) is 0.105. The number of hydrogen-bond donors (Lipinski definition) is 1. The maximum Gasteiger partial charge on any atom is 0.323 e. The molecular formula is C19H15NO4S. The number of thioether (sulfide) groups is 1. The number of hydrogen-bond acceptors (Lipinski definition) is 4. The van der Waals surface area contributed by atoms with Crippen molar-refractivity contribution in [2.75, 3.05) is 12.8 Å². The van der Waals surface area contributed by atoms with Gasteiger partial charge in [0.25, 0.3) is 11.8 Å². The van der Waals surface area contributed by atoms with E-state index in [1.165, 1.54) is 0 Å². The summed E-state index contributed by atoms with van der Waals surface area (Å²) in [4.78, 5) is 38.1. The molecule has 1 aliphatic rings. The van der Waals surface area contributed by atoms with Crippen LogP contribution in [0.4, 0.5) is 0 Å². The Morgan fingerprint density at radius 2 is 1.68 bits per heavy atom. The standard InChI is InChI=1S/C19H15NO4S/c1-25-13-8-6-12(7-9-13)10-16-14-4-2-3-5-15(14)18(23)20(19(16)24)11-17(21)22/h2-10H,11H2,1H3,(H,21,22)/b16-10+. The van der Waals surface area contributed by atoms with Gasteiger partial charge in [0.1, 0.15) is 6.54 Å². The molecule has 1 N–H and O–H groups in total. The molecule has 6 heteroatoms. The zero-order valence-corrected chi connectivity index (χ0v) is 14.2. The molecule has 0 fully saturated rings. The van der Waals surface area contributed by atoms with Crippen LogP contribution in [0.25, 0.3) is 11.6 Å². The van der Waals surface area contributed by atoms with Crippen LogP contribution in [-0.2, 0) is 9.59 Å². The smallest absolute Gasteiger partial charge is 0.323 e. The molecule has 0 unspecified atom stereocenters. The number of imide groups is 1. The van der Waals surface area contributed by atoms with Crippen LogP contribution in [0.5, 0.6) is 0 Å². The zero-order valence-electron chi connectivity index (χ0n) is 13.4. The summed E-state index contributed by atoms with van der Waals surface area (Å²) < 4.78 is 0. The van der Waals surface area contributed by atoms with Crippen LogP contribution in [-0.4, -0.2) is 40.6 Å². The number of nitrogens with zero attached hydrogens (tertiary/aromatic N) is 1. The SMILES string of the molecule is CSc1ccc(/C=C2/C(=O)N(CC(=O)O)C(=O)c3ccccc32)cc1. The van der Waals surface area contributed by atoms with Gasteiger partial charge in [-0.15, -0.1) is 11.8 Å². The van der Waals surface area contributed by atoms with E-state index in [1.54, 1.807) is 42.1 Å². The number of carboxylic acids is 1. The fourth-order valence-corrected chi connectivity index (χ4v) is 3.10.